The average molecular weight is 796 g/mol. The molecule has 4 heteroatoms. The van der Waals surface area contributed by atoms with Gasteiger partial charge in [0.1, 0.15) is 0 Å². The van der Waals surface area contributed by atoms with E-state index in [4.69, 9.17) is 17.0 Å². The summed E-state index contributed by atoms with van der Waals surface area (Å²) in [6, 6.07) is 32.4. The van der Waals surface area contributed by atoms with Gasteiger partial charge in [0.15, 0.2) is 0 Å². The summed E-state index contributed by atoms with van der Waals surface area (Å²) in [6.07, 6.45) is 18.2. The molecule has 0 N–H and O–H groups in total. The second-order valence-corrected chi connectivity index (χ2v) is 59.1. The first-order valence-corrected chi connectivity index (χ1v) is 35.9. The van der Waals surface area contributed by atoms with E-state index in [1.54, 1.807) is 11.1 Å². The van der Waals surface area contributed by atoms with Crippen LogP contribution in [0.5, 0.6) is 0 Å². The van der Waals surface area contributed by atoms with E-state index in [2.05, 4.69) is 124 Å². The van der Waals surface area contributed by atoms with E-state index in [0.717, 1.165) is 0 Å². The number of halogens is 2. The Bertz CT molecular complexity index is 1820. The van der Waals surface area contributed by atoms with Crippen molar-refractivity contribution in [1.29, 1.82) is 0 Å². The number of aryl methyl sites for hydroxylation is 2. The summed E-state index contributed by atoms with van der Waals surface area (Å²) in [5, 5.41) is 0. The van der Waals surface area contributed by atoms with Crippen LogP contribution < -0.4 is 0 Å². The van der Waals surface area contributed by atoms with Gasteiger partial charge in [-0.25, -0.2) is 0 Å². The molecule has 8 rings (SSSR count). The molecule has 0 amide bonds. The van der Waals surface area contributed by atoms with E-state index in [9.17, 15) is 0 Å². The Morgan fingerprint density at radius 2 is 0.900 bits per heavy atom. The van der Waals surface area contributed by atoms with Crippen molar-refractivity contribution in [2.45, 2.75) is 98.4 Å². The van der Waals surface area contributed by atoms with Crippen LogP contribution in [0.3, 0.4) is 0 Å². The SMILES string of the molecule is Cc1ccc(-c2cccc3c2C=C(C2CCCCC2)[CH]3[Zr]([Cl])([Cl])([CH]2C(C3CCCCC3)=Cc3c(-c4ccc(C)cc4)cccc32)[SiH](C)C)cc1. The first-order chi connectivity index (χ1) is 24.1. The molecule has 259 valence electrons. The van der Waals surface area contributed by atoms with Crippen molar-refractivity contribution in [2.75, 3.05) is 0 Å². The van der Waals surface area contributed by atoms with E-state index in [0.29, 0.717) is 11.8 Å². The number of allylic oxidation sites excluding steroid dienone is 2. The molecule has 4 aromatic rings. The molecule has 0 heterocycles. The molecule has 0 saturated heterocycles. The third-order valence-corrected chi connectivity index (χ3v) is 64.9. The molecule has 50 heavy (non-hydrogen) atoms. The summed E-state index contributed by atoms with van der Waals surface area (Å²) in [4.78, 5) is 0. The van der Waals surface area contributed by atoms with E-state index in [1.807, 2.05) is 0 Å². The first kappa shape index (κ1) is 35.1. The summed E-state index contributed by atoms with van der Waals surface area (Å²) in [5.74, 6) is -0.534. The summed E-state index contributed by atoms with van der Waals surface area (Å²) in [6.45, 7) is 9.42. The quantitative estimate of drug-likeness (QED) is 0.163. The summed E-state index contributed by atoms with van der Waals surface area (Å²) in [5.41, 5.74) is 16.7. The Morgan fingerprint density at radius 3 is 1.26 bits per heavy atom. The molecule has 0 aliphatic heterocycles. The van der Waals surface area contributed by atoms with Gasteiger partial charge >= 0.3 is 313 Å². The van der Waals surface area contributed by atoms with Crippen LogP contribution in [-0.4, -0.2) is 5.92 Å². The Hall–Kier alpha value is -1.96. The van der Waals surface area contributed by atoms with Gasteiger partial charge in [0, 0.05) is 0 Å². The van der Waals surface area contributed by atoms with E-state index in [-0.39, 0.29) is 7.25 Å². The topological polar surface area (TPSA) is 0 Å². The van der Waals surface area contributed by atoms with Crippen molar-refractivity contribution >= 4 is 35.1 Å². The molecule has 0 spiro atoms. The zero-order chi connectivity index (χ0) is 34.6. The number of rotatable bonds is 7. The molecule has 4 aromatic carbocycles. The van der Waals surface area contributed by atoms with Crippen molar-refractivity contribution < 1.29 is 15.6 Å². The van der Waals surface area contributed by atoms with Gasteiger partial charge in [-0.2, -0.15) is 0 Å². The zero-order valence-corrected chi connectivity index (χ0v) is 35.6. The van der Waals surface area contributed by atoms with Gasteiger partial charge in [0.2, 0.25) is 0 Å². The Labute approximate surface area is 310 Å². The number of fused-ring (bicyclic) bond motifs is 2. The number of benzene rings is 4. The Kier molecular flexibility index (Phi) is 9.68. The van der Waals surface area contributed by atoms with Gasteiger partial charge in [-0.15, -0.1) is 0 Å². The predicted octanol–water partition coefficient (Wildman–Crippen LogP) is 14.4. The summed E-state index contributed by atoms with van der Waals surface area (Å²) < 4.78 is 0.307. The monoisotopic (exact) mass is 793 g/mol. The van der Waals surface area contributed by atoms with Crippen molar-refractivity contribution in [3.8, 4) is 22.3 Å². The number of hydrogen-bond donors (Lipinski definition) is 0. The van der Waals surface area contributed by atoms with Gasteiger partial charge < -0.3 is 0 Å². The summed E-state index contributed by atoms with van der Waals surface area (Å²) >= 11 is -4.94. The molecular formula is C46H53Cl2SiZr. The molecule has 2 atom stereocenters. The minimum absolute atomic E-state index is 0.154. The molecular weight excluding hydrogens is 743 g/mol. The second-order valence-electron chi connectivity index (χ2n) is 16.6. The molecule has 0 nitrogen and oxygen atoms in total. The molecule has 0 aromatic heterocycles. The fraction of sp³-hybridized carbons (Fsp3) is 0.391. The standard InChI is InChI=1S/2C22H23.C2H7Si.2ClH.Zr/c2*1-16-10-12-18(13-11-16)21-9-5-8-19-14-20(15-22(19)21)17-6-3-2-4-7-17;1-3-2;;;/h2*5,8-15,17H,2-4,6-7H2,1H3;3H,1-2H3;2*1H;/q;;;;;+2/p-2. The first-order valence-electron chi connectivity index (χ1n) is 19.5. The molecule has 4 aliphatic rings. The van der Waals surface area contributed by atoms with Crippen LogP contribution in [0.4, 0.5) is 0 Å². The number of hydrogen-bond acceptors (Lipinski definition) is 0. The molecule has 2 fully saturated rings. The fourth-order valence-electron chi connectivity index (χ4n) is 10.5. The van der Waals surface area contributed by atoms with Crippen LogP contribution in [0, 0.1) is 25.7 Å². The molecule has 2 saturated carbocycles. The minimum atomic E-state index is -4.94. The average Bonchev–Trinajstić information content (AvgIpc) is 3.74. The third-order valence-electron chi connectivity index (χ3n) is 13.3. The Morgan fingerprint density at radius 1 is 0.520 bits per heavy atom. The third kappa shape index (κ3) is 5.88. The van der Waals surface area contributed by atoms with E-state index < -0.39 is 21.5 Å². The van der Waals surface area contributed by atoms with Crippen LogP contribution in [0.15, 0.2) is 96.1 Å². The normalized spacial score (nSPS) is 22.1. The van der Waals surface area contributed by atoms with Crippen LogP contribution >= 0.6 is 17.0 Å². The van der Waals surface area contributed by atoms with Crippen LogP contribution in [0.1, 0.15) is 105 Å². The van der Waals surface area contributed by atoms with E-state index in [1.165, 1.54) is 120 Å². The van der Waals surface area contributed by atoms with Crippen LogP contribution in [0.25, 0.3) is 34.4 Å². The van der Waals surface area contributed by atoms with Crippen molar-refractivity contribution in [3.05, 3.63) is 129 Å². The van der Waals surface area contributed by atoms with Crippen LogP contribution in [0.2, 0.25) is 13.1 Å². The predicted molar refractivity (Wildman–Crippen MR) is 218 cm³/mol. The Balaban J connectivity index is 1.37. The molecule has 2 unspecified atom stereocenters. The second kappa shape index (κ2) is 13.8. The summed E-state index contributed by atoms with van der Waals surface area (Å²) in [7, 11) is 18.0. The van der Waals surface area contributed by atoms with Crippen molar-refractivity contribution in [3.63, 3.8) is 0 Å². The van der Waals surface area contributed by atoms with Crippen LogP contribution in [-0.2, 0) is 15.6 Å². The fourth-order valence-corrected chi connectivity index (χ4v) is 41.5. The van der Waals surface area contributed by atoms with Gasteiger partial charge in [-0.1, -0.05) is 0 Å². The van der Waals surface area contributed by atoms with Gasteiger partial charge in [0.05, 0.1) is 0 Å². The molecule has 0 bridgehead atoms. The van der Waals surface area contributed by atoms with Gasteiger partial charge in [0.25, 0.3) is 0 Å². The van der Waals surface area contributed by atoms with Crippen molar-refractivity contribution in [1.82, 2.24) is 0 Å². The van der Waals surface area contributed by atoms with Gasteiger partial charge in [-0.3, -0.25) is 0 Å². The molecule has 0 radical (unpaired) electrons. The van der Waals surface area contributed by atoms with Gasteiger partial charge in [-0.05, 0) is 0 Å². The molecule has 4 aliphatic carbocycles. The van der Waals surface area contributed by atoms with Crippen molar-refractivity contribution in [2.24, 2.45) is 11.8 Å². The maximum absolute atomic E-state index is 9.02. The zero-order valence-electron chi connectivity index (χ0n) is 30.5. The van der Waals surface area contributed by atoms with E-state index >= 15 is 0 Å². The maximum atomic E-state index is 9.02.